The minimum Gasteiger partial charge on any atom is -0.242 e. The van der Waals surface area contributed by atoms with Crippen molar-refractivity contribution < 1.29 is 0 Å². The Morgan fingerprint density at radius 1 is 1.27 bits per heavy atom. The molecule has 0 spiro atoms. The SMILES string of the molecule is CCC(C)n1nnc2cc(C)c(C)cc21. The molecule has 0 amide bonds. The molecule has 0 fully saturated rings. The third-order valence-electron chi connectivity index (χ3n) is 3.09. The quantitative estimate of drug-likeness (QED) is 0.751. The zero-order valence-electron chi connectivity index (χ0n) is 9.78. The van der Waals surface area contributed by atoms with E-state index < -0.39 is 0 Å². The Hall–Kier alpha value is -1.38. The molecule has 1 heterocycles. The first-order chi connectivity index (χ1) is 7.13. The van der Waals surface area contributed by atoms with Gasteiger partial charge in [-0.3, -0.25) is 0 Å². The highest BCUT2D eigenvalue weighted by molar-refractivity contribution is 5.76. The lowest BCUT2D eigenvalue weighted by Gasteiger charge is -2.09. The summed E-state index contributed by atoms with van der Waals surface area (Å²) in [6.07, 6.45) is 1.07. The molecule has 1 aromatic heterocycles. The van der Waals surface area contributed by atoms with Gasteiger partial charge in [0.05, 0.1) is 11.6 Å². The number of hydrogen-bond acceptors (Lipinski definition) is 2. The van der Waals surface area contributed by atoms with E-state index in [2.05, 4.69) is 50.1 Å². The van der Waals surface area contributed by atoms with Crippen LogP contribution in [0.25, 0.3) is 11.0 Å². The van der Waals surface area contributed by atoms with Crippen molar-refractivity contribution in [1.82, 2.24) is 15.0 Å². The van der Waals surface area contributed by atoms with Crippen LogP contribution < -0.4 is 0 Å². The molecule has 0 saturated heterocycles. The Balaban J connectivity index is 2.64. The van der Waals surface area contributed by atoms with Crippen LogP contribution in [0.1, 0.15) is 37.4 Å². The van der Waals surface area contributed by atoms with E-state index in [1.165, 1.54) is 11.1 Å². The number of rotatable bonds is 2. The van der Waals surface area contributed by atoms with Crippen molar-refractivity contribution >= 4 is 11.0 Å². The molecule has 0 bridgehead atoms. The predicted molar refractivity (Wildman–Crippen MR) is 62.0 cm³/mol. The minimum atomic E-state index is 0.414. The first-order valence-electron chi connectivity index (χ1n) is 5.45. The predicted octanol–water partition coefficient (Wildman–Crippen LogP) is 3.02. The molecule has 2 aromatic rings. The average Bonchev–Trinajstić information content (AvgIpc) is 2.61. The fraction of sp³-hybridized carbons (Fsp3) is 0.500. The average molecular weight is 203 g/mol. The lowest BCUT2D eigenvalue weighted by atomic mass is 10.1. The van der Waals surface area contributed by atoms with E-state index >= 15 is 0 Å². The first kappa shape index (κ1) is 10.1. The summed E-state index contributed by atoms with van der Waals surface area (Å²) in [4.78, 5) is 0. The lowest BCUT2D eigenvalue weighted by molar-refractivity contribution is 0.478. The van der Waals surface area contributed by atoms with E-state index in [-0.39, 0.29) is 0 Å². The number of fused-ring (bicyclic) bond motifs is 1. The molecule has 80 valence electrons. The van der Waals surface area contributed by atoms with Crippen LogP contribution in [0.2, 0.25) is 0 Å². The van der Waals surface area contributed by atoms with E-state index in [9.17, 15) is 0 Å². The summed E-state index contributed by atoms with van der Waals surface area (Å²) in [7, 11) is 0. The highest BCUT2D eigenvalue weighted by atomic mass is 15.4. The summed E-state index contributed by atoms with van der Waals surface area (Å²) in [6.45, 7) is 8.57. The molecule has 2 rings (SSSR count). The largest absolute Gasteiger partial charge is 0.242 e. The number of hydrogen-bond donors (Lipinski definition) is 0. The molecule has 1 unspecified atom stereocenters. The third kappa shape index (κ3) is 1.62. The van der Waals surface area contributed by atoms with E-state index in [1.807, 2.05) is 4.68 Å². The molecular formula is C12H17N3. The zero-order valence-corrected chi connectivity index (χ0v) is 9.78. The molecule has 1 aromatic carbocycles. The van der Waals surface area contributed by atoms with Gasteiger partial charge in [0, 0.05) is 0 Å². The van der Waals surface area contributed by atoms with Gasteiger partial charge < -0.3 is 0 Å². The van der Waals surface area contributed by atoms with Crippen LogP contribution in [0.3, 0.4) is 0 Å². The van der Waals surface area contributed by atoms with Crippen molar-refractivity contribution in [3.8, 4) is 0 Å². The second-order valence-electron chi connectivity index (χ2n) is 4.22. The Morgan fingerprint density at radius 2 is 1.93 bits per heavy atom. The second-order valence-corrected chi connectivity index (χ2v) is 4.22. The van der Waals surface area contributed by atoms with Crippen molar-refractivity contribution in [1.29, 1.82) is 0 Å². The van der Waals surface area contributed by atoms with Gasteiger partial charge in [0.25, 0.3) is 0 Å². The molecule has 3 heteroatoms. The Labute approximate surface area is 90.1 Å². The Morgan fingerprint density at radius 3 is 2.60 bits per heavy atom. The minimum absolute atomic E-state index is 0.414. The fourth-order valence-electron chi connectivity index (χ4n) is 1.69. The van der Waals surface area contributed by atoms with Crippen LogP contribution in [-0.2, 0) is 0 Å². The van der Waals surface area contributed by atoms with Gasteiger partial charge in [-0.15, -0.1) is 5.10 Å². The summed E-state index contributed by atoms with van der Waals surface area (Å²) in [5, 5.41) is 8.42. The molecule has 0 radical (unpaired) electrons. The van der Waals surface area contributed by atoms with Gasteiger partial charge in [-0.1, -0.05) is 12.1 Å². The lowest BCUT2D eigenvalue weighted by Crippen LogP contribution is -2.05. The van der Waals surface area contributed by atoms with Crippen molar-refractivity contribution in [2.75, 3.05) is 0 Å². The number of nitrogens with zero attached hydrogens (tertiary/aromatic N) is 3. The van der Waals surface area contributed by atoms with Gasteiger partial charge >= 0.3 is 0 Å². The fourth-order valence-corrected chi connectivity index (χ4v) is 1.69. The first-order valence-corrected chi connectivity index (χ1v) is 5.45. The Kier molecular flexibility index (Phi) is 2.47. The normalized spacial score (nSPS) is 13.3. The summed E-state index contributed by atoms with van der Waals surface area (Å²) in [5.41, 5.74) is 4.72. The molecular weight excluding hydrogens is 186 g/mol. The molecule has 3 nitrogen and oxygen atoms in total. The van der Waals surface area contributed by atoms with Crippen molar-refractivity contribution in [2.24, 2.45) is 0 Å². The van der Waals surface area contributed by atoms with Gasteiger partial charge in [0.2, 0.25) is 0 Å². The molecule has 0 saturated carbocycles. The zero-order chi connectivity index (χ0) is 11.0. The Bertz CT molecular complexity index is 485. The maximum Gasteiger partial charge on any atom is 0.113 e. The van der Waals surface area contributed by atoms with Gasteiger partial charge in [0.1, 0.15) is 5.52 Å². The van der Waals surface area contributed by atoms with Crippen molar-refractivity contribution in [2.45, 2.75) is 40.2 Å². The highest BCUT2D eigenvalue weighted by Gasteiger charge is 2.10. The number of aryl methyl sites for hydroxylation is 2. The van der Waals surface area contributed by atoms with E-state index in [4.69, 9.17) is 0 Å². The van der Waals surface area contributed by atoms with Crippen LogP contribution in [0.4, 0.5) is 0 Å². The maximum absolute atomic E-state index is 4.21. The van der Waals surface area contributed by atoms with Crippen LogP contribution in [0.5, 0.6) is 0 Å². The molecule has 0 N–H and O–H groups in total. The van der Waals surface area contributed by atoms with Crippen molar-refractivity contribution in [3.05, 3.63) is 23.3 Å². The van der Waals surface area contributed by atoms with Crippen LogP contribution >= 0.6 is 0 Å². The van der Waals surface area contributed by atoms with Crippen LogP contribution in [0.15, 0.2) is 12.1 Å². The molecule has 1 atom stereocenters. The van der Waals surface area contributed by atoms with Crippen LogP contribution in [-0.4, -0.2) is 15.0 Å². The summed E-state index contributed by atoms with van der Waals surface area (Å²) in [6, 6.07) is 4.70. The van der Waals surface area contributed by atoms with Crippen LogP contribution in [0, 0.1) is 13.8 Å². The maximum atomic E-state index is 4.21. The van der Waals surface area contributed by atoms with E-state index in [1.54, 1.807) is 0 Å². The van der Waals surface area contributed by atoms with E-state index in [0.717, 1.165) is 17.5 Å². The third-order valence-corrected chi connectivity index (χ3v) is 3.09. The summed E-state index contributed by atoms with van der Waals surface area (Å²) >= 11 is 0. The monoisotopic (exact) mass is 203 g/mol. The standard InChI is InChI=1S/C12H17N3/c1-5-10(4)15-12-7-9(3)8(2)6-11(12)13-14-15/h6-7,10H,5H2,1-4H3. The molecule has 0 aliphatic rings. The van der Waals surface area contributed by atoms with Crippen molar-refractivity contribution in [3.63, 3.8) is 0 Å². The van der Waals surface area contributed by atoms with Gasteiger partial charge in [0.15, 0.2) is 0 Å². The summed E-state index contributed by atoms with van der Waals surface area (Å²) in [5.74, 6) is 0. The number of benzene rings is 1. The second kappa shape index (κ2) is 3.65. The van der Waals surface area contributed by atoms with Gasteiger partial charge in [-0.25, -0.2) is 4.68 Å². The molecule has 0 aliphatic carbocycles. The molecule has 0 aliphatic heterocycles. The highest BCUT2D eigenvalue weighted by Crippen LogP contribution is 2.20. The number of aromatic nitrogens is 3. The van der Waals surface area contributed by atoms with Gasteiger partial charge in [-0.2, -0.15) is 0 Å². The van der Waals surface area contributed by atoms with Gasteiger partial charge in [-0.05, 0) is 50.5 Å². The summed E-state index contributed by atoms with van der Waals surface area (Å²) < 4.78 is 2.02. The topological polar surface area (TPSA) is 30.7 Å². The smallest absolute Gasteiger partial charge is 0.113 e. The van der Waals surface area contributed by atoms with E-state index in [0.29, 0.717) is 6.04 Å². The molecule has 15 heavy (non-hydrogen) atoms.